The Balaban J connectivity index is 1.73. The van der Waals surface area contributed by atoms with E-state index < -0.39 is 14.8 Å². The number of hydrogen-bond acceptors (Lipinski definition) is 3. The van der Waals surface area contributed by atoms with Crippen molar-refractivity contribution >= 4 is 19.9 Å². The van der Waals surface area contributed by atoms with E-state index in [0.717, 1.165) is 26.3 Å². The summed E-state index contributed by atoms with van der Waals surface area (Å²) in [6.45, 7) is 6.87. The minimum absolute atomic E-state index is 0.712. The Morgan fingerprint density at radius 3 is 2.45 bits per heavy atom. The van der Waals surface area contributed by atoms with E-state index in [2.05, 4.69) is 59.7 Å². The first kappa shape index (κ1) is 13.9. The fourth-order valence-corrected chi connectivity index (χ4v) is 4.76. The molecule has 0 aromatic heterocycles. The van der Waals surface area contributed by atoms with E-state index in [1.807, 2.05) is 0 Å². The molecule has 1 aromatic carbocycles. The van der Waals surface area contributed by atoms with Crippen LogP contribution in [0.2, 0.25) is 19.4 Å². The molecule has 1 aromatic rings. The first-order valence-electron chi connectivity index (χ1n) is 7.36. The van der Waals surface area contributed by atoms with Crippen LogP contribution < -0.4 is 5.19 Å². The lowest BCUT2D eigenvalue weighted by atomic mass is 9.68. The summed E-state index contributed by atoms with van der Waals surface area (Å²) in [5.41, 5.74) is 3.53. The van der Waals surface area contributed by atoms with Crippen molar-refractivity contribution in [2.75, 3.05) is 26.3 Å². The van der Waals surface area contributed by atoms with Crippen LogP contribution in [0.4, 0.5) is 0 Å². The third-order valence-electron chi connectivity index (χ3n) is 4.33. The highest BCUT2D eigenvalue weighted by Crippen LogP contribution is 2.28. The van der Waals surface area contributed by atoms with Crippen LogP contribution in [0.5, 0.6) is 0 Å². The number of benzene rings is 1. The lowest BCUT2D eigenvalue weighted by molar-refractivity contribution is 0.223. The molecule has 0 N–H and O–H groups in total. The van der Waals surface area contributed by atoms with E-state index in [-0.39, 0.29) is 0 Å². The first-order chi connectivity index (χ1) is 9.62. The summed E-state index contributed by atoms with van der Waals surface area (Å²) in [5.74, 6) is 3.38. The van der Waals surface area contributed by atoms with Crippen molar-refractivity contribution in [3.63, 3.8) is 0 Å². The zero-order valence-electron chi connectivity index (χ0n) is 12.3. The maximum Gasteiger partial charge on any atom is 0.329 e. The van der Waals surface area contributed by atoms with Gasteiger partial charge in [0.25, 0.3) is 0 Å². The largest absolute Gasteiger partial charge is 0.553 e. The van der Waals surface area contributed by atoms with E-state index >= 15 is 0 Å². The standard InChI is InChI=1S/C15H21BNO2Si/c1-20(2,15-7-4-3-5-8-15)14-6-9-16-17(10-12-18-16)11-13-19-16/h3-5,7-8H,9-13H2,1-2H3/q-1. The van der Waals surface area contributed by atoms with Crippen molar-refractivity contribution in [1.82, 2.24) is 4.81 Å². The molecule has 0 saturated carbocycles. The SMILES string of the molecule is C[Si](C)(C#CC[B-]12OCCN1CCO2)c1ccccc1. The minimum Gasteiger partial charge on any atom is -0.553 e. The van der Waals surface area contributed by atoms with Crippen LogP contribution in [0.1, 0.15) is 0 Å². The van der Waals surface area contributed by atoms with E-state index in [9.17, 15) is 0 Å². The fourth-order valence-electron chi connectivity index (χ4n) is 3.05. The summed E-state index contributed by atoms with van der Waals surface area (Å²) < 4.78 is 11.7. The molecule has 3 nitrogen and oxygen atoms in total. The molecule has 0 bridgehead atoms. The molecule has 2 aliphatic rings. The molecular formula is C15H21BNO2Si-. The Hall–Kier alpha value is -1.06. The normalized spacial score (nSPS) is 21.3. The quantitative estimate of drug-likeness (QED) is 0.607. The molecule has 2 fully saturated rings. The Morgan fingerprint density at radius 2 is 1.80 bits per heavy atom. The predicted octanol–water partition coefficient (Wildman–Crippen LogP) is 1.45. The average Bonchev–Trinajstić information content (AvgIpc) is 2.99. The van der Waals surface area contributed by atoms with Gasteiger partial charge in [0.05, 0.1) is 0 Å². The first-order valence-corrected chi connectivity index (χ1v) is 10.4. The van der Waals surface area contributed by atoms with Gasteiger partial charge in [-0.25, -0.2) is 0 Å². The molecule has 2 aliphatic heterocycles. The molecule has 0 spiro atoms. The lowest BCUT2D eigenvalue weighted by Crippen LogP contribution is -2.47. The van der Waals surface area contributed by atoms with Crippen molar-refractivity contribution in [2.24, 2.45) is 0 Å². The molecule has 0 unspecified atom stereocenters. The Kier molecular flexibility index (Phi) is 3.74. The van der Waals surface area contributed by atoms with Gasteiger partial charge in [0.1, 0.15) is 0 Å². The Bertz CT molecular complexity index is 528. The van der Waals surface area contributed by atoms with Gasteiger partial charge in [0.2, 0.25) is 0 Å². The van der Waals surface area contributed by atoms with E-state index in [4.69, 9.17) is 9.31 Å². The molecule has 0 radical (unpaired) electrons. The molecular weight excluding hydrogens is 265 g/mol. The molecule has 0 atom stereocenters. The molecule has 0 aliphatic carbocycles. The molecule has 2 heterocycles. The monoisotopic (exact) mass is 286 g/mol. The van der Waals surface area contributed by atoms with Crippen LogP contribution in [0, 0.1) is 11.5 Å². The second-order valence-corrected chi connectivity index (χ2v) is 10.2. The van der Waals surface area contributed by atoms with Gasteiger partial charge >= 0.3 is 6.69 Å². The zero-order chi connectivity index (χ0) is 14.1. The summed E-state index contributed by atoms with van der Waals surface area (Å²) in [6, 6.07) is 10.6. The van der Waals surface area contributed by atoms with Crippen molar-refractivity contribution < 1.29 is 9.31 Å². The van der Waals surface area contributed by atoms with Crippen molar-refractivity contribution in [3.05, 3.63) is 30.3 Å². The maximum atomic E-state index is 5.86. The van der Waals surface area contributed by atoms with Crippen LogP contribution in [0.3, 0.4) is 0 Å². The molecule has 0 amide bonds. The lowest BCUT2D eigenvalue weighted by Gasteiger charge is -2.34. The highest BCUT2D eigenvalue weighted by Gasteiger charge is 2.41. The van der Waals surface area contributed by atoms with Crippen LogP contribution in [-0.2, 0) is 9.31 Å². The highest BCUT2D eigenvalue weighted by molar-refractivity contribution is 6.96. The number of nitrogens with zero attached hydrogens (tertiary/aromatic N) is 1. The van der Waals surface area contributed by atoms with Gasteiger partial charge in [0.15, 0.2) is 8.07 Å². The van der Waals surface area contributed by atoms with Gasteiger partial charge < -0.3 is 14.1 Å². The van der Waals surface area contributed by atoms with Gasteiger partial charge in [-0.1, -0.05) is 43.4 Å². The predicted molar refractivity (Wildman–Crippen MR) is 85.4 cm³/mol. The van der Waals surface area contributed by atoms with Gasteiger partial charge in [-0.3, -0.25) is 0 Å². The van der Waals surface area contributed by atoms with Crippen molar-refractivity contribution in [2.45, 2.75) is 19.4 Å². The maximum absolute atomic E-state index is 5.86. The van der Waals surface area contributed by atoms with Gasteiger partial charge in [0, 0.05) is 13.2 Å². The van der Waals surface area contributed by atoms with Gasteiger partial charge in [-0.2, -0.15) is 0 Å². The molecule has 5 heteroatoms. The van der Waals surface area contributed by atoms with Gasteiger partial charge in [-0.15, -0.1) is 11.5 Å². The molecule has 20 heavy (non-hydrogen) atoms. The summed E-state index contributed by atoms with van der Waals surface area (Å²) in [6.07, 6.45) is 0.712. The Morgan fingerprint density at radius 1 is 1.15 bits per heavy atom. The fraction of sp³-hybridized carbons (Fsp3) is 0.467. The van der Waals surface area contributed by atoms with Crippen LogP contribution in [0.25, 0.3) is 0 Å². The number of rotatable bonds is 2. The number of fused-ring (bicyclic) bond motifs is 1. The van der Waals surface area contributed by atoms with Gasteiger partial charge in [-0.05, 0) is 24.6 Å². The topological polar surface area (TPSA) is 21.7 Å². The summed E-state index contributed by atoms with van der Waals surface area (Å²) >= 11 is 0. The van der Waals surface area contributed by atoms with E-state index in [1.54, 1.807) is 0 Å². The van der Waals surface area contributed by atoms with Crippen molar-refractivity contribution in [1.29, 1.82) is 0 Å². The second kappa shape index (κ2) is 5.38. The van der Waals surface area contributed by atoms with Crippen molar-refractivity contribution in [3.8, 4) is 11.5 Å². The van der Waals surface area contributed by atoms with Crippen LogP contribution in [-0.4, -0.2) is 45.9 Å². The third kappa shape index (κ3) is 2.57. The smallest absolute Gasteiger partial charge is 0.329 e. The molecule has 3 rings (SSSR count). The summed E-state index contributed by atoms with van der Waals surface area (Å²) in [4.78, 5) is 2.33. The third-order valence-corrected chi connectivity index (χ3v) is 6.90. The van der Waals surface area contributed by atoms with Crippen LogP contribution >= 0.6 is 0 Å². The van der Waals surface area contributed by atoms with E-state index in [1.165, 1.54) is 5.19 Å². The summed E-state index contributed by atoms with van der Waals surface area (Å²) in [7, 11) is -1.68. The number of hydrogen-bond donors (Lipinski definition) is 0. The second-order valence-electron chi connectivity index (χ2n) is 6.10. The minimum atomic E-state index is -1.68. The summed E-state index contributed by atoms with van der Waals surface area (Å²) in [5, 5.41) is 1.38. The molecule has 106 valence electrons. The van der Waals surface area contributed by atoms with Crippen LogP contribution in [0.15, 0.2) is 30.3 Å². The molecule has 2 saturated heterocycles. The van der Waals surface area contributed by atoms with E-state index in [0.29, 0.717) is 6.32 Å². The zero-order valence-corrected chi connectivity index (χ0v) is 13.3. The highest BCUT2D eigenvalue weighted by atomic mass is 28.3. The average molecular weight is 286 g/mol. The Labute approximate surface area is 122 Å².